The monoisotopic (exact) mass is 305 g/mol. The molecule has 2 aromatic rings. The van der Waals surface area contributed by atoms with Crippen LogP contribution in [0.3, 0.4) is 0 Å². The lowest BCUT2D eigenvalue weighted by Gasteiger charge is -2.34. The van der Waals surface area contributed by atoms with Crippen molar-refractivity contribution in [2.75, 3.05) is 5.73 Å². The van der Waals surface area contributed by atoms with E-state index < -0.39 is 0 Å². The van der Waals surface area contributed by atoms with Crippen molar-refractivity contribution >= 4 is 17.3 Å². The van der Waals surface area contributed by atoms with Gasteiger partial charge in [-0.3, -0.25) is 0 Å². The van der Waals surface area contributed by atoms with Crippen LogP contribution in [0.2, 0.25) is 5.02 Å². The molecule has 21 heavy (non-hydrogen) atoms. The Bertz CT molecular complexity index is 639. The molecular formula is C15H20ClN5. The van der Waals surface area contributed by atoms with Gasteiger partial charge in [0.1, 0.15) is 0 Å². The van der Waals surface area contributed by atoms with E-state index >= 15 is 0 Å². The lowest BCUT2D eigenvalue weighted by atomic mass is 9.78. The Morgan fingerprint density at radius 2 is 2.10 bits per heavy atom. The molecule has 1 aromatic heterocycles. The van der Waals surface area contributed by atoms with Gasteiger partial charge in [0, 0.05) is 16.3 Å². The summed E-state index contributed by atoms with van der Waals surface area (Å²) < 4.78 is 1.93. The van der Waals surface area contributed by atoms with Crippen LogP contribution in [0.5, 0.6) is 0 Å². The summed E-state index contributed by atoms with van der Waals surface area (Å²) in [6, 6.07) is 5.72. The van der Waals surface area contributed by atoms with Crippen molar-refractivity contribution in [2.24, 2.45) is 11.8 Å². The van der Waals surface area contributed by atoms with Crippen molar-refractivity contribution in [2.45, 2.75) is 39.2 Å². The van der Waals surface area contributed by atoms with Gasteiger partial charge in [0.25, 0.3) is 0 Å². The van der Waals surface area contributed by atoms with E-state index in [0.29, 0.717) is 34.4 Å². The maximum atomic E-state index is 6.09. The smallest absolute Gasteiger partial charge is 0.184 e. The van der Waals surface area contributed by atoms with Crippen molar-refractivity contribution in [3.8, 4) is 11.4 Å². The molecule has 1 fully saturated rings. The molecule has 112 valence electrons. The third kappa shape index (κ3) is 2.62. The highest BCUT2D eigenvalue weighted by Gasteiger charge is 2.31. The zero-order valence-electron chi connectivity index (χ0n) is 12.3. The van der Waals surface area contributed by atoms with E-state index in [1.165, 1.54) is 12.8 Å². The second kappa shape index (κ2) is 5.64. The summed E-state index contributed by atoms with van der Waals surface area (Å²) in [7, 11) is 0. The van der Waals surface area contributed by atoms with Crippen LogP contribution < -0.4 is 5.73 Å². The molecular weight excluding hydrogens is 286 g/mol. The Labute approximate surface area is 129 Å². The van der Waals surface area contributed by atoms with Crippen LogP contribution in [0.25, 0.3) is 11.4 Å². The van der Waals surface area contributed by atoms with Crippen LogP contribution >= 0.6 is 11.6 Å². The Morgan fingerprint density at radius 3 is 2.90 bits per heavy atom. The van der Waals surface area contributed by atoms with E-state index in [4.69, 9.17) is 17.3 Å². The van der Waals surface area contributed by atoms with Crippen LogP contribution in [0.4, 0.5) is 5.69 Å². The predicted octanol–water partition coefficient (Wildman–Crippen LogP) is 3.57. The Morgan fingerprint density at radius 1 is 1.29 bits per heavy atom. The molecule has 1 saturated carbocycles. The summed E-state index contributed by atoms with van der Waals surface area (Å²) in [6.45, 7) is 4.58. The Kier molecular flexibility index (Phi) is 3.85. The van der Waals surface area contributed by atoms with Crippen molar-refractivity contribution in [3.63, 3.8) is 0 Å². The van der Waals surface area contributed by atoms with Gasteiger partial charge in [-0.2, -0.15) is 0 Å². The number of nitrogen functional groups attached to an aromatic ring is 1. The number of nitrogens with two attached hydrogens (primary N) is 1. The van der Waals surface area contributed by atoms with Gasteiger partial charge in [-0.15, -0.1) is 5.10 Å². The second-order valence-corrected chi connectivity index (χ2v) is 6.45. The number of halogens is 1. The topological polar surface area (TPSA) is 69.6 Å². The standard InChI is InChI=1S/C15H20ClN5/c1-9-4-3-5-14(10(9)2)21-15(18-19-20-21)12-8-11(16)6-7-13(12)17/h6-10,14H,3-5,17H2,1-2H3. The van der Waals surface area contributed by atoms with E-state index in [0.717, 1.165) is 12.0 Å². The molecule has 0 spiro atoms. The molecule has 0 aliphatic heterocycles. The first-order valence-corrected chi connectivity index (χ1v) is 7.79. The summed E-state index contributed by atoms with van der Waals surface area (Å²) in [5.74, 6) is 1.93. The summed E-state index contributed by atoms with van der Waals surface area (Å²) in [5, 5.41) is 12.9. The minimum Gasteiger partial charge on any atom is -0.398 e. The molecule has 1 aliphatic carbocycles. The van der Waals surface area contributed by atoms with Gasteiger partial charge in [-0.1, -0.05) is 38.3 Å². The number of hydrogen-bond donors (Lipinski definition) is 1. The first-order valence-electron chi connectivity index (χ1n) is 7.41. The van der Waals surface area contributed by atoms with Crippen LogP contribution in [0.1, 0.15) is 39.2 Å². The molecule has 0 amide bonds. The van der Waals surface area contributed by atoms with Gasteiger partial charge in [0.2, 0.25) is 0 Å². The quantitative estimate of drug-likeness (QED) is 0.861. The van der Waals surface area contributed by atoms with Gasteiger partial charge < -0.3 is 5.73 Å². The van der Waals surface area contributed by atoms with E-state index in [1.807, 2.05) is 10.7 Å². The van der Waals surface area contributed by atoms with Gasteiger partial charge in [-0.05, 0) is 46.9 Å². The maximum Gasteiger partial charge on any atom is 0.184 e. The van der Waals surface area contributed by atoms with Crippen LogP contribution in [0, 0.1) is 11.8 Å². The van der Waals surface area contributed by atoms with E-state index in [9.17, 15) is 0 Å². The molecule has 3 unspecified atom stereocenters. The number of tetrazole rings is 1. The highest BCUT2D eigenvalue weighted by atomic mass is 35.5. The zero-order chi connectivity index (χ0) is 15.0. The van der Waals surface area contributed by atoms with Crippen LogP contribution in [-0.4, -0.2) is 20.2 Å². The molecule has 6 heteroatoms. The zero-order valence-corrected chi connectivity index (χ0v) is 13.1. The Balaban J connectivity index is 2.03. The minimum absolute atomic E-state index is 0.317. The number of aromatic nitrogens is 4. The van der Waals surface area contributed by atoms with Crippen molar-refractivity contribution in [1.82, 2.24) is 20.2 Å². The highest BCUT2D eigenvalue weighted by molar-refractivity contribution is 6.31. The van der Waals surface area contributed by atoms with E-state index in [1.54, 1.807) is 12.1 Å². The SMILES string of the molecule is CC1CCCC(n2nnnc2-c2cc(Cl)ccc2N)C1C. The molecule has 3 atom stereocenters. The van der Waals surface area contributed by atoms with Gasteiger partial charge >= 0.3 is 0 Å². The number of anilines is 1. The summed E-state index contributed by atoms with van der Waals surface area (Å²) in [4.78, 5) is 0. The largest absolute Gasteiger partial charge is 0.398 e. The second-order valence-electron chi connectivity index (χ2n) is 6.01. The fraction of sp³-hybridized carbons (Fsp3) is 0.533. The fourth-order valence-electron chi connectivity index (χ4n) is 3.22. The molecule has 0 radical (unpaired) electrons. The summed E-state index contributed by atoms with van der Waals surface area (Å²) in [5.41, 5.74) is 7.52. The third-order valence-electron chi connectivity index (χ3n) is 4.73. The van der Waals surface area contributed by atoms with E-state index in [2.05, 4.69) is 29.4 Å². The number of benzene rings is 1. The molecule has 1 heterocycles. The lowest BCUT2D eigenvalue weighted by molar-refractivity contribution is 0.174. The van der Waals surface area contributed by atoms with Crippen molar-refractivity contribution in [3.05, 3.63) is 23.2 Å². The number of nitrogens with zero attached hydrogens (tertiary/aromatic N) is 4. The molecule has 5 nitrogen and oxygen atoms in total. The lowest BCUT2D eigenvalue weighted by Crippen LogP contribution is -2.28. The van der Waals surface area contributed by atoms with Crippen molar-refractivity contribution < 1.29 is 0 Å². The fourth-order valence-corrected chi connectivity index (χ4v) is 3.39. The van der Waals surface area contributed by atoms with Gasteiger partial charge in [0.15, 0.2) is 5.82 Å². The summed E-state index contributed by atoms with van der Waals surface area (Å²) in [6.07, 6.45) is 3.58. The van der Waals surface area contributed by atoms with Gasteiger partial charge in [0.05, 0.1) is 6.04 Å². The Hall–Kier alpha value is -1.62. The molecule has 3 rings (SSSR count). The maximum absolute atomic E-state index is 6.09. The van der Waals surface area contributed by atoms with Gasteiger partial charge in [-0.25, -0.2) is 4.68 Å². The number of rotatable bonds is 2. The van der Waals surface area contributed by atoms with Crippen molar-refractivity contribution in [1.29, 1.82) is 0 Å². The molecule has 1 aromatic carbocycles. The number of hydrogen-bond acceptors (Lipinski definition) is 4. The minimum atomic E-state index is 0.317. The third-order valence-corrected chi connectivity index (χ3v) is 4.96. The summed E-state index contributed by atoms with van der Waals surface area (Å²) >= 11 is 6.09. The normalized spacial score (nSPS) is 26.0. The van der Waals surface area contributed by atoms with Crippen LogP contribution in [-0.2, 0) is 0 Å². The first-order chi connectivity index (χ1) is 10.1. The highest BCUT2D eigenvalue weighted by Crippen LogP contribution is 2.39. The average Bonchev–Trinajstić information content (AvgIpc) is 2.93. The molecule has 2 N–H and O–H groups in total. The molecule has 0 saturated heterocycles. The van der Waals surface area contributed by atoms with E-state index in [-0.39, 0.29) is 0 Å². The molecule has 1 aliphatic rings. The molecule has 0 bridgehead atoms. The average molecular weight is 306 g/mol. The first kappa shape index (κ1) is 14.3. The van der Waals surface area contributed by atoms with Crippen LogP contribution in [0.15, 0.2) is 18.2 Å². The predicted molar refractivity (Wildman–Crippen MR) is 83.9 cm³/mol.